The maximum absolute atomic E-state index is 5.61. The van der Waals surface area contributed by atoms with Gasteiger partial charge in [-0.3, -0.25) is 4.99 Å². The van der Waals surface area contributed by atoms with Crippen LogP contribution in [0.4, 0.5) is 0 Å². The molecule has 1 saturated heterocycles. The normalized spacial score (nSPS) is 21.4. The fourth-order valence-electron chi connectivity index (χ4n) is 3.64. The van der Waals surface area contributed by atoms with Gasteiger partial charge in [0.15, 0.2) is 5.96 Å². The van der Waals surface area contributed by atoms with E-state index in [0.717, 1.165) is 38.7 Å². The minimum Gasteiger partial charge on any atom is -0.380 e. The lowest BCUT2D eigenvalue weighted by Gasteiger charge is -2.25. The van der Waals surface area contributed by atoms with Gasteiger partial charge in [0.1, 0.15) is 0 Å². The quantitative estimate of drug-likeness (QED) is 0.445. The number of aliphatic imine (C=N–C) groups is 1. The van der Waals surface area contributed by atoms with Crippen LogP contribution in [0.5, 0.6) is 0 Å². The Labute approximate surface area is 130 Å². The lowest BCUT2D eigenvalue weighted by atomic mass is 9.86. The second-order valence-corrected chi connectivity index (χ2v) is 6.58. The van der Waals surface area contributed by atoms with E-state index >= 15 is 0 Å². The van der Waals surface area contributed by atoms with Gasteiger partial charge in [0, 0.05) is 26.2 Å². The minimum absolute atomic E-state index is 0.605. The van der Waals surface area contributed by atoms with Crippen molar-refractivity contribution in [1.29, 1.82) is 0 Å². The SMILES string of the molecule is CCCCOCCN=C(NCC)N1CCC2(CCCC2)C1. The van der Waals surface area contributed by atoms with Gasteiger partial charge in [0.25, 0.3) is 0 Å². The van der Waals surface area contributed by atoms with Gasteiger partial charge in [-0.2, -0.15) is 0 Å². The third-order valence-corrected chi connectivity index (χ3v) is 4.88. The Bertz CT molecular complexity index is 324. The fourth-order valence-corrected chi connectivity index (χ4v) is 3.64. The number of ether oxygens (including phenoxy) is 1. The van der Waals surface area contributed by atoms with Gasteiger partial charge in [-0.05, 0) is 38.0 Å². The molecule has 1 saturated carbocycles. The van der Waals surface area contributed by atoms with Crippen molar-refractivity contribution in [2.75, 3.05) is 39.4 Å². The van der Waals surface area contributed by atoms with Crippen molar-refractivity contribution in [2.45, 2.75) is 58.8 Å². The highest BCUT2D eigenvalue weighted by Gasteiger charge is 2.40. The summed E-state index contributed by atoms with van der Waals surface area (Å²) in [5.74, 6) is 1.10. The molecule has 0 amide bonds. The van der Waals surface area contributed by atoms with Crippen LogP contribution in [0, 0.1) is 5.41 Å². The number of rotatable bonds is 7. The van der Waals surface area contributed by atoms with Crippen molar-refractivity contribution in [3.8, 4) is 0 Å². The van der Waals surface area contributed by atoms with E-state index in [2.05, 4.69) is 24.1 Å². The van der Waals surface area contributed by atoms with Crippen LogP contribution in [-0.4, -0.2) is 50.3 Å². The maximum Gasteiger partial charge on any atom is 0.194 e. The van der Waals surface area contributed by atoms with E-state index in [1.807, 2.05) is 0 Å². The number of guanidine groups is 1. The molecule has 21 heavy (non-hydrogen) atoms. The topological polar surface area (TPSA) is 36.9 Å². The summed E-state index contributed by atoms with van der Waals surface area (Å²) < 4.78 is 5.61. The number of unbranched alkanes of at least 4 members (excludes halogenated alkanes) is 1. The van der Waals surface area contributed by atoms with E-state index < -0.39 is 0 Å². The van der Waals surface area contributed by atoms with E-state index in [-0.39, 0.29) is 0 Å². The molecule has 1 aliphatic heterocycles. The van der Waals surface area contributed by atoms with Gasteiger partial charge in [0.05, 0.1) is 13.2 Å². The first-order valence-electron chi connectivity index (χ1n) is 8.91. The monoisotopic (exact) mass is 295 g/mol. The van der Waals surface area contributed by atoms with Gasteiger partial charge in [0.2, 0.25) is 0 Å². The number of hydrogen-bond donors (Lipinski definition) is 1. The average Bonchev–Trinajstić information content (AvgIpc) is 3.12. The lowest BCUT2D eigenvalue weighted by Crippen LogP contribution is -2.41. The van der Waals surface area contributed by atoms with Crippen LogP contribution in [0.1, 0.15) is 58.8 Å². The summed E-state index contributed by atoms with van der Waals surface area (Å²) in [6.07, 6.45) is 9.39. The zero-order valence-electron chi connectivity index (χ0n) is 14.0. The Morgan fingerprint density at radius 3 is 2.71 bits per heavy atom. The molecule has 2 fully saturated rings. The molecule has 0 unspecified atom stereocenters. The molecule has 2 aliphatic rings. The summed E-state index contributed by atoms with van der Waals surface area (Å²) in [6, 6.07) is 0. The maximum atomic E-state index is 5.61. The molecular formula is C17H33N3O. The summed E-state index contributed by atoms with van der Waals surface area (Å²) in [5, 5.41) is 3.45. The molecule has 122 valence electrons. The van der Waals surface area contributed by atoms with E-state index in [4.69, 9.17) is 9.73 Å². The van der Waals surface area contributed by atoms with Gasteiger partial charge in [-0.25, -0.2) is 0 Å². The highest BCUT2D eigenvalue weighted by molar-refractivity contribution is 5.80. The van der Waals surface area contributed by atoms with Gasteiger partial charge < -0.3 is 15.0 Å². The van der Waals surface area contributed by atoms with Crippen molar-refractivity contribution < 1.29 is 4.74 Å². The molecule has 0 bridgehead atoms. The summed E-state index contributed by atoms with van der Waals surface area (Å²) >= 11 is 0. The lowest BCUT2D eigenvalue weighted by molar-refractivity contribution is 0.138. The number of hydrogen-bond acceptors (Lipinski definition) is 2. The first-order chi connectivity index (χ1) is 10.3. The third-order valence-electron chi connectivity index (χ3n) is 4.88. The summed E-state index contributed by atoms with van der Waals surface area (Å²) in [7, 11) is 0. The largest absolute Gasteiger partial charge is 0.380 e. The second kappa shape index (κ2) is 8.62. The smallest absolute Gasteiger partial charge is 0.194 e. The Kier molecular flexibility index (Phi) is 6.81. The van der Waals surface area contributed by atoms with Crippen LogP contribution in [0.3, 0.4) is 0 Å². The third kappa shape index (κ3) is 4.87. The number of nitrogens with one attached hydrogen (secondary N) is 1. The van der Waals surface area contributed by atoms with Crippen molar-refractivity contribution in [3.05, 3.63) is 0 Å². The van der Waals surface area contributed by atoms with Crippen molar-refractivity contribution >= 4 is 5.96 Å². The molecule has 0 radical (unpaired) electrons. The Hall–Kier alpha value is -0.770. The van der Waals surface area contributed by atoms with E-state index in [9.17, 15) is 0 Å². The Morgan fingerprint density at radius 2 is 2.00 bits per heavy atom. The zero-order valence-corrected chi connectivity index (χ0v) is 14.0. The van der Waals surface area contributed by atoms with Crippen molar-refractivity contribution in [3.63, 3.8) is 0 Å². The van der Waals surface area contributed by atoms with Crippen LogP contribution < -0.4 is 5.32 Å². The molecule has 1 N–H and O–H groups in total. The first-order valence-corrected chi connectivity index (χ1v) is 8.91. The molecule has 1 aliphatic carbocycles. The molecule has 0 aromatic rings. The van der Waals surface area contributed by atoms with Crippen molar-refractivity contribution in [2.24, 2.45) is 10.4 Å². The molecule has 4 nitrogen and oxygen atoms in total. The Balaban J connectivity index is 1.78. The number of likely N-dealkylation sites (tertiary alicyclic amines) is 1. The summed E-state index contributed by atoms with van der Waals surface area (Å²) in [6.45, 7) is 10.0. The van der Waals surface area contributed by atoms with E-state index in [1.54, 1.807) is 0 Å². The van der Waals surface area contributed by atoms with Crippen LogP contribution in [0.2, 0.25) is 0 Å². The molecule has 4 heteroatoms. The minimum atomic E-state index is 0.605. The fraction of sp³-hybridized carbons (Fsp3) is 0.941. The van der Waals surface area contributed by atoms with Gasteiger partial charge in [-0.1, -0.05) is 26.2 Å². The molecule has 2 rings (SSSR count). The Morgan fingerprint density at radius 1 is 1.19 bits per heavy atom. The standard InChI is InChI=1S/C17H33N3O/c1-3-5-13-21-14-11-19-16(18-4-2)20-12-10-17(15-20)8-6-7-9-17/h3-15H2,1-2H3,(H,18,19). The molecule has 1 heterocycles. The van der Waals surface area contributed by atoms with Crippen LogP contribution in [0.15, 0.2) is 4.99 Å². The molecule has 0 aromatic heterocycles. The summed E-state index contributed by atoms with van der Waals surface area (Å²) in [4.78, 5) is 7.23. The zero-order chi connectivity index (χ0) is 15.0. The first kappa shape index (κ1) is 16.6. The highest BCUT2D eigenvalue weighted by atomic mass is 16.5. The summed E-state index contributed by atoms with van der Waals surface area (Å²) in [5.41, 5.74) is 0.605. The van der Waals surface area contributed by atoms with Gasteiger partial charge >= 0.3 is 0 Å². The van der Waals surface area contributed by atoms with Gasteiger partial charge in [-0.15, -0.1) is 0 Å². The molecule has 0 aromatic carbocycles. The van der Waals surface area contributed by atoms with E-state index in [1.165, 1.54) is 51.6 Å². The molecule has 0 atom stereocenters. The van der Waals surface area contributed by atoms with Crippen LogP contribution in [-0.2, 0) is 4.74 Å². The molecular weight excluding hydrogens is 262 g/mol. The van der Waals surface area contributed by atoms with E-state index in [0.29, 0.717) is 5.41 Å². The predicted octanol–water partition coefficient (Wildman–Crippen LogP) is 3.03. The number of nitrogens with zero attached hydrogens (tertiary/aromatic N) is 2. The average molecular weight is 295 g/mol. The predicted molar refractivity (Wildman–Crippen MR) is 88.8 cm³/mol. The van der Waals surface area contributed by atoms with Crippen LogP contribution >= 0.6 is 0 Å². The molecule has 1 spiro atoms. The van der Waals surface area contributed by atoms with Crippen LogP contribution in [0.25, 0.3) is 0 Å². The highest BCUT2D eigenvalue weighted by Crippen LogP contribution is 2.45. The van der Waals surface area contributed by atoms with Crippen molar-refractivity contribution in [1.82, 2.24) is 10.2 Å². The second-order valence-electron chi connectivity index (χ2n) is 6.58.